The number of hydrazone groups is 1. The largest absolute Gasteiger partial charge is 0.376 e. The van der Waals surface area contributed by atoms with Gasteiger partial charge in [0.15, 0.2) is 0 Å². The first kappa shape index (κ1) is 16.5. The van der Waals surface area contributed by atoms with Crippen molar-refractivity contribution in [1.29, 1.82) is 0 Å². The van der Waals surface area contributed by atoms with E-state index in [1.807, 2.05) is 7.11 Å². The third kappa shape index (κ3) is 4.20. The van der Waals surface area contributed by atoms with Gasteiger partial charge in [-0.25, -0.2) is 0 Å². The number of rotatable bonds is 9. The van der Waals surface area contributed by atoms with Crippen LogP contribution < -0.4 is 0 Å². The molecule has 1 heterocycles. The minimum atomic E-state index is -0.0166. The number of methoxy groups -OCH3 is 1. The average molecular weight is 268 g/mol. The van der Waals surface area contributed by atoms with Crippen molar-refractivity contribution in [1.82, 2.24) is 5.01 Å². The molecule has 0 radical (unpaired) electrons. The second-order valence-corrected chi connectivity index (χ2v) is 5.59. The Balaban J connectivity index is 2.57. The van der Waals surface area contributed by atoms with E-state index in [4.69, 9.17) is 9.84 Å². The van der Waals surface area contributed by atoms with E-state index in [1.54, 1.807) is 0 Å². The first-order valence-corrected chi connectivity index (χ1v) is 8.08. The highest BCUT2D eigenvalue weighted by Gasteiger charge is 2.41. The van der Waals surface area contributed by atoms with Crippen LogP contribution in [0, 0.1) is 0 Å². The van der Waals surface area contributed by atoms with Crippen LogP contribution in [0.2, 0.25) is 0 Å². The van der Waals surface area contributed by atoms with Crippen LogP contribution in [0.5, 0.6) is 0 Å². The molecule has 1 atom stereocenters. The Labute approximate surface area is 119 Å². The van der Waals surface area contributed by atoms with E-state index in [-0.39, 0.29) is 5.60 Å². The third-order valence-electron chi connectivity index (χ3n) is 4.60. The monoisotopic (exact) mass is 268 g/mol. The number of ether oxygens (including phenoxy) is 1. The van der Waals surface area contributed by atoms with Crippen LogP contribution in [-0.2, 0) is 4.74 Å². The van der Waals surface area contributed by atoms with Crippen molar-refractivity contribution < 1.29 is 4.74 Å². The predicted molar refractivity (Wildman–Crippen MR) is 82.7 cm³/mol. The Morgan fingerprint density at radius 1 is 1.26 bits per heavy atom. The summed E-state index contributed by atoms with van der Waals surface area (Å²) in [6.45, 7) is 7.78. The molecule has 1 aliphatic rings. The fraction of sp³-hybridized carbons (Fsp3) is 0.938. The molecule has 0 amide bonds. The second-order valence-electron chi connectivity index (χ2n) is 5.59. The summed E-state index contributed by atoms with van der Waals surface area (Å²) in [5.41, 5.74) is -0.0166. The van der Waals surface area contributed by atoms with Crippen LogP contribution in [0.25, 0.3) is 0 Å². The smallest absolute Gasteiger partial charge is 0.0892 e. The van der Waals surface area contributed by atoms with Gasteiger partial charge < -0.3 is 4.74 Å². The van der Waals surface area contributed by atoms with E-state index in [2.05, 4.69) is 32.0 Å². The Hall–Kier alpha value is -0.570. The van der Waals surface area contributed by atoms with E-state index in [0.29, 0.717) is 6.04 Å². The topological polar surface area (TPSA) is 24.8 Å². The minimum Gasteiger partial charge on any atom is -0.376 e. The summed E-state index contributed by atoms with van der Waals surface area (Å²) < 4.78 is 5.88. The molecular weight excluding hydrogens is 236 g/mol. The summed E-state index contributed by atoms with van der Waals surface area (Å²) in [6, 6.07) is 0.454. The van der Waals surface area contributed by atoms with Crippen LogP contribution in [0.4, 0.5) is 0 Å². The number of unbranched alkanes of at least 4 members (excludes halogenated alkanes) is 3. The molecule has 1 rings (SSSR count). The predicted octanol–water partition coefficient (Wildman–Crippen LogP) is 4.22. The molecule has 1 fully saturated rings. The first-order valence-electron chi connectivity index (χ1n) is 8.08. The molecule has 0 aliphatic carbocycles. The lowest BCUT2D eigenvalue weighted by Gasteiger charge is -2.39. The maximum atomic E-state index is 5.88. The number of hydrogen-bond acceptors (Lipinski definition) is 3. The van der Waals surface area contributed by atoms with E-state index >= 15 is 0 Å². The molecule has 0 bridgehead atoms. The van der Waals surface area contributed by atoms with Crippen molar-refractivity contribution in [3.63, 3.8) is 0 Å². The van der Waals surface area contributed by atoms with Crippen LogP contribution in [0.3, 0.4) is 0 Å². The standard InChI is InChI=1S/C16H32N2O/c1-5-8-9-10-13-17-18-14-11-12-15(18)16(6-2,7-3)19-4/h13,15H,5-12,14H2,1-4H3/b17-13+/t15-/m0/s1. The summed E-state index contributed by atoms with van der Waals surface area (Å²) in [5.74, 6) is 0. The fourth-order valence-electron chi connectivity index (χ4n) is 3.22. The molecule has 3 nitrogen and oxygen atoms in total. The summed E-state index contributed by atoms with van der Waals surface area (Å²) in [4.78, 5) is 0. The molecule has 0 saturated carbocycles. The molecule has 3 heteroatoms. The molecular formula is C16H32N2O. The third-order valence-corrected chi connectivity index (χ3v) is 4.60. The van der Waals surface area contributed by atoms with E-state index in [0.717, 1.165) is 25.8 Å². The van der Waals surface area contributed by atoms with Gasteiger partial charge in [0, 0.05) is 19.9 Å². The van der Waals surface area contributed by atoms with Gasteiger partial charge in [-0.3, -0.25) is 5.01 Å². The van der Waals surface area contributed by atoms with Crippen molar-refractivity contribution in [3.8, 4) is 0 Å². The second kappa shape index (κ2) is 8.57. The lowest BCUT2D eigenvalue weighted by molar-refractivity contribution is -0.0731. The fourth-order valence-corrected chi connectivity index (χ4v) is 3.22. The summed E-state index contributed by atoms with van der Waals surface area (Å²) >= 11 is 0. The maximum Gasteiger partial charge on any atom is 0.0892 e. The van der Waals surface area contributed by atoms with E-state index in [1.165, 1.54) is 32.1 Å². The van der Waals surface area contributed by atoms with Gasteiger partial charge in [-0.05, 0) is 38.5 Å². The summed E-state index contributed by atoms with van der Waals surface area (Å²) in [7, 11) is 1.86. The highest BCUT2D eigenvalue weighted by molar-refractivity contribution is 5.56. The zero-order valence-electron chi connectivity index (χ0n) is 13.3. The number of hydrogen-bond donors (Lipinski definition) is 0. The van der Waals surface area contributed by atoms with Crippen molar-refractivity contribution in [2.75, 3.05) is 13.7 Å². The van der Waals surface area contributed by atoms with Gasteiger partial charge in [0.2, 0.25) is 0 Å². The highest BCUT2D eigenvalue weighted by Crippen LogP contribution is 2.34. The lowest BCUT2D eigenvalue weighted by Crippen LogP contribution is -2.48. The molecule has 19 heavy (non-hydrogen) atoms. The molecule has 1 saturated heterocycles. The maximum absolute atomic E-state index is 5.88. The van der Waals surface area contributed by atoms with Crippen molar-refractivity contribution >= 4 is 6.21 Å². The summed E-state index contributed by atoms with van der Waals surface area (Å²) in [5, 5.41) is 6.99. The molecule has 0 unspecified atom stereocenters. The van der Waals surface area contributed by atoms with Gasteiger partial charge in [-0.15, -0.1) is 0 Å². The van der Waals surface area contributed by atoms with Gasteiger partial charge in [0.1, 0.15) is 0 Å². The number of nitrogens with zero attached hydrogens (tertiary/aromatic N) is 2. The van der Waals surface area contributed by atoms with Crippen molar-refractivity contribution in [2.45, 2.75) is 83.8 Å². The van der Waals surface area contributed by atoms with Crippen LogP contribution in [0.15, 0.2) is 5.10 Å². The molecule has 1 aliphatic heterocycles. The zero-order valence-corrected chi connectivity index (χ0v) is 13.3. The van der Waals surface area contributed by atoms with E-state index < -0.39 is 0 Å². The molecule has 0 spiro atoms. The Morgan fingerprint density at radius 2 is 2.00 bits per heavy atom. The van der Waals surface area contributed by atoms with Crippen LogP contribution in [-0.4, -0.2) is 36.5 Å². The van der Waals surface area contributed by atoms with Gasteiger partial charge in [-0.2, -0.15) is 5.10 Å². The first-order chi connectivity index (χ1) is 9.24. The zero-order chi connectivity index (χ0) is 14.1. The van der Waals surface area contributed by atoms with Crippen molar-refractivity contribution in [2.24, 2.45) is 5.10 Å². The Kier molecular flexibility index (Phi) is 7.44. The molecule has 0 aromatic rings. The normalized spacial score (nSPS) is 20.6. The molecule has 0 aromatic carbocycles. The average Bonchev–Trinajstić information content (AvgIpc) is 2.90. The van der Waals surface area contributed by atoms with Gasteiger partial charge in [0.25, 0.3) is 0 Å². The summed E-state index contributed by atoms with van der Waals surface area (Å²) in [6.07, 6.45) is 11.6. The molecule has 0 aromatic heterocycles. The van der Waals surface area contributed by atoms with E-state index in [9.17, 15) is 0 Å². The Bertz CT molecular complexity index is 253. The molecule has 112 valence electrons. The minimum absolute atomic E-state index is 0.0166. The van der Waals surface area contributed by atoms with Crippen LogP contribution in [0.1, 0.15) is 72.1 Å². The van der Waals surface area contributed by atoms with Crippen molar-refractivity contribution in [3.05, 3.63) is 0 Å². The lowest BCUT2D eigenvalue weighted by atomic mass is 9.87. The quantitative estimate of drug-likeness (QED) is 0.462. The van der Waals surface area contributed by atoms with Gasteiger partial charge >= 0.3 is 0 Å². The van der Waals surface area contributed by atoms with Crippen LogP contribution >= 0.6 is 0 Å². The molecule has 0 N–H and O–H groups in total. The SMILES string of the molecule is CCCCC/C=N/N1CCC[C@H]1C(CC)(CC)OC. The highest BCUT2D eigenvalue weighted by atomic mass is 16.5. The Morgan fingerprint density at radius 3 is 2.58 bits per heavy atom. The van der Waals surface area contributed by atoms with Gasteiger partial charge in [-0.1, -0.05) is 33.6 Å². The van der Waals surface area contributed by atoms with Gasteiger partial charge in [0.05, 0.1) is 11.6 Å².